The van der Waals surface area contributed by atoms with Crippen LogP contribution in [0.1, 0.15) is 18.2 Å². The van der Waals surface area contributed by atoms with Gasteiger partial charge in [0, 0.05) is 17.9 Å². The summed E-state index contributed by atoms with van der Waals surface area (Å²) >= 11 is 0. The molecule has 0 aromatic carbocycles. The SMILES string of the molecule is C=C(C)NCc1c(OC)cc(C)[nH]c1=O. The highest BCUT2D eigenvalue weighted by atomic mass is 16.5. The Morgan fingerprint density at radius 1 is 1.67 bits per heavy atom. The second-order valence-electron chi connectivity index (χ2n) is 3.46. The number of aryl methyl sites for hydroxylation is 1. The summed E-state index contributed by atoms with van der Waals surface area (Å²) in [6.07, 6.45) is 0. The molecule has 1 rings (SSSR count). The first-order chi connectivity index (χ1) is 7.04. The van der Waals surface area contributed by atoms with E-state index in [0.29, 0.717) is 17.9 Å². The van der Waals surface area contributed by atoms with Crippen molar-refractivity contribution in [3.8, 4) is 5.75 Å². The summed E-state index contributed by atoms with van der Waals surface area (Å²) in [5, 5.41) is 3.00. The van der Waals surface area contributed by atoms with E-state index in [4.69, 9.17) is 4.74 Å². The highest BCUT2D eigenvalue weighted by molar-refractivity contribution is 5.33. The number of nitrogens with one attached hydrogen (secondary N) is 2. The fourth-order valence-electron chi connectivity index (χ4n) is 1.28. The van der Waals surface area contributed by atoms with E-state index in [1.165, 1.54) is 0 Å². The van der Waals surface area contributed by atoms with Gasteiger partial charge < -0.3 is 15.0 Å². The number of hydrogen-bond donors (Lipinski definition) is 2. The predicted molar refractivity (Wildman–Crippen MR) is 60.0 cm³/mol. The average Bonchev–Trinajstić information content (AvgIpc) is 2.14. The number of aromatic nitrogens is 1. The zero-order valence-corrected chi connectivity index (χ0v) is 9.31. The van der Waals surface area contributed by atoms with Crippen LogP contribution in [0.2, 0.25) is 0 Å². The minimum Gasteiger partial charge on any atom is -0.496 e. The molecule has 0 atom stereocenters. The lowest BCUT2D eigenvalue weighted by atomic mass is 10.2. The van der Waals surface area contributed by atoms with Gasteiger partial charge in [-0.05, 0) is 19.9 Å². The smallest absolute Gasteiger partial charge is 0.256 e. The van der Waals surface area contributed by atoms with Gasteiger partial charge in [-0.1, -0.05) is 6.58 Å². The fourth-order valence-corrected chi connectivity index (χ4v) is 1.28. The Morgan fingerprint density at radius 3 is 2.87 bits per heavy atom. The van der Waals surface area contributed by atoms with Gasteiger partial charge in [-0.25, -0.2) is 0 Å². The molecule has 0 amide bonds. The third kappa shape index (κ3) is 2.87. The summed E-state index contributed by atoms with van der Waals surface area (Å²) in [6.45, 7) is 7.79. The van der Waals surface area contributed by atoms with Crippen LogP contribution < -0.4 is 15.6 Å². The molecule has 82 valence electrons. The van der Waals surface area contributed by atoms with Crippen molar-refractivity contribution in [2.75, 3.05) is 7.11 Å². The maximum atomic E-state index is 11.6. The Morgan fingerprint density at radius 2 is 2.33 bits per heavy atom. The molecule has 1 aromatic rings. The molecule has 0 aliphatic heterocycles. The van der Waals surface area contributed by atoms with E-state index in [9.17, 15) is 4.79 Å². The first-order valence-electron chi connectivity index (χ1n) is 4.70. The van der Waals surface area contributed by atoms with Crippen LogP contribution in [0.15, 0.2) is 23.1 Å². The van der Waals surface area contributed by atoms with Crippen molar-refractivity contribution < 1.29 is 4.74 Å². The van der Waals surface area contributed by atoms with E-state index >= 15 is 0 Å². The largest absolute Gasteiger partial charge is 0.496 e. The highest BCUT2D eigenvalue weighted by Crippen LogP contribution is 2.14. The number of aromatic amines is 1. The molecule has 0 aliphatic rings. The standard InChI is InChI=1S/C11H16N2O2/c1-7(2)12-6-9-10(15-4)5-8(3)13-11(9)14/h5,12H,1,6H2,2-4H3,(H,13,14). The van der Waals surface area contributed by atoms with Crippen molar-refractivity contribution in [3.05, 3.63) is 40.0 Å². The molecule has 0 unspecified atom stereocenters. The minimum atomic E-state index is -0.124. The van der Waals surface area contributed by atoms with E-state index in [-0.39, 0.29) is 5.56 Å². The van der Waals surface area contributed by atoms with Gasteiger partial charge in [0.05, 0.1) is 12.7 Å². The molecule has 1 aromatic heterocycles. The maximum absolute atomic E-state index is 11.6. The molecule has 0 saturated carbocycles. The van der Waals surface area contributed by atoms with Gasteiger partial charge in [0.25, 0.3) is 5.56 Å². The van der Waals surface area contributed by atoms with E-state index in [1.54, 1.807) is 13.2 Å². The molecule has 0 fully saturated rings. The van der Waals surface area contributed by atoms with Crippen molar-refractivity contribution in [2.45, 2.75) is 20.4 Å². The van der Waals surface area contributed by atoms with Crippen LogP contribution in [0, 0.1) is 6.92 Å². The Bertz CT molecular complexity index is 421. The molecule has 0 spiro atoms. The summed E-state index contributed by atoms with van der Waals surface area (Å²) in [5.74, 6) is 0.602. The summed E-state index contributed by atoms with van der Waals surface area (Å²) in [7, 11) is 1.55. The molecule has 1 heterocycles. The summed E-state index contributed by atoms with van der Waals surface area (Å²) < 4.78 is 5.15. The van der Waals surface area contributed by atoms with Crippen LogP contribution >= 0.6 is 0 Å². The van der Waals surface area contributed by atoms with Crippen LogP contribution in [0.4, 0.5) is 0 Å². The van der Waals surface area contributed by atoms with E-state index in [0.717, 1.165) is 11.4 Å². The number of hydrogen-bond acceptors (Lipinski definition) is 3. The Balaban J connectivity index is 3.04. The van der Waals surface area contributed by atoms with E-state index < -0.39 is 0 Å². The van der Waals surface area contributed by atoms with Crippen LogP contribution in [-0.4, -0.2) is 12.1 Å². The number of H-pyrrole nitrogens is 1. The normalized spacial score (nSPS) is 9.80. The molecular formula is C11H16N2O2. The molecule has 15 heavy (non-hydrogen) atoms. The number of pyridine rings is 1. The fraction of sp³-hybridized carbons (Fsp3) is 0.364. The molecule has 2 N–H and O–H groups in total. The average molecular weight is 208 g/mol. The van der Waals surface area contributed by atoms with Gasteiger partial charge in [0.2, 0.25) is 0 Å². The van der Waals surface area contributed by atoms with Crippen molar-refractivity contribution in [1.82, 2.24) is 10.3 Å². The predicted octanol–water partition coefficient (Wildman–Crippen LogP) is 1.32. The first kappa shape index (κ1) is 11.4. The molecule has 0 bridgehead atoms. The van der Waals surface area contributed by atoms with Crippen molar-refractivity contribution >= 4 is 0 Å². The van der Waals surface area contributed by atoms with E-state index in [1.807, 2.05) is 13.8 Å². The van der Waals surface area contributed by atoms with Crippen molar-refractivity contribution in [2.24, 2.45) is 0 Å². The van der Waals surface area contributed by atoms with Crippen LogP contribution in [0.5, 0.6) is 5.75 Å². The second-order valence-corrected chi connectivity index (χ2v) is 3.46. The van der Waals surface area contributed by atoms with Crippen molar-refractivity contribution in [3.63, 3.8) is 0 Å². The number of ether oxygens (including phenoxy) is 1. The number of methoxy groups -OCH3 is 1. The van der Waals surface area contributed by atoms with Crippen LogP contribution in [0.3, 0.4) is 0 Å². The topological polar surface area (TPSA) is 54.1 Å². The highest BCUT2D eigenvalue weighted by Gasteiger charge is 2.08. The van der Waals surface area contributed by atoms with Gasteiger partial charge in [0.1, 0.15) is 5.75 Å². The molecule has 0 aliphatic carbocycles. The molecule has 0 saturated heterocycles. The van der Waals surface area contributed by atoms with Gasteiger partial charge in [-0.2, -0.15) is 0 Å². The quantitative estimate of drug-likeness (QED) is 0.784. The second kappa shape index (κ2) is 4.68. The molecule has 4 nitrogen and oxygen atoms in total. The van der Waals surface area contributed by atoms with E-state index in [2.05, 4.69) is 16.9 Å². The zero-order valence-electron chi connectivity index (χ0n) is 9.31. The lowest BCUT2D eigenvalue weighted by molar-refractivity contribution is 0.406. The van der Waals surface area contributed by atoms with Crippen molar-refractivity contribution in [1.29, 1.82) is 0 Å². The monoisotopic (exact) mass is 208 g/mol. The number of rotatable bonds is 4. The first-order valence-corrected chi connectivity index (χ1v) is 4.70. The zero-order chi connectivity index (χ0) is 11.4. The summed E-state index contributed by atoms with van der Waals surface area (Å²) in [5.41, 5.74) is 2.07. The Kier molecular flexibility index (Phi) is 3.55. The van der Waals surface area contributed by atoms with Crippen LogP contribution in [-0.2, 0) is 6.54 Å². The van der Waals surface area contributed by atoms with Gasteiger partial charge in [0.15, 0.2) is 0 Å². The van der Waals surface area contributed by atoms with Gasteiger partial charge >= 0.3 is 0 Å². The molecular weight excluding hydrogens is 192 g/mol. The third-order valence-corrected chi connectivity index (χ3v) is 2.02. The Hall–Kier alpha value is -1.71. The third-order valence-electron chi connectivity index (χ3n) is 2.02. The van der Waals surface area contributed by atoms with Crippen LogP contribution in [0.25, 0.3) is 0 Å². The summed E-state index contributed by atoms with van der Waals surface area (Å²) in [4.78, 5) is 14.4. The Labute approximate surface area is 89.0 Å². The maximum Gasteiger partial charge on any atom is 0.256 e. The van der Waals surface area contributed by atoms with Gasteiger partial charge in [-0.15, -0.1) is 0 Å². The summed E-state index contributed by atoms with van der Waals surface area (Å²) in [6, 6.07) is 1.80. The molecule has 4 heteroatoms. The lowest BCUT2D eigenvalue weighted by Crippen LogP contribution is -2.21. The number of allylic oxidation sites excluding steroid dienone is 1. The minimum absolute atomic E-state index is 0.124. The lowest BCUT2D eigenvalue weighted by Gasteiger charge is -2.09. The van der Waals surface area contributed by atoms with Gasteiger partial charge in [-0.3, -0.25) is 4.79 Å². The molecule has 0 radical (unpaired) electrons.